The van der Waals surface area contributed by atoms with E-state index in [1.54, 1.807) is 30.6 Å². The summed E-state index contributed by atoms with van der Waals surface area (Å²) in [6, 6.07) is 9.76. The number of aryl methyl sites for hydroxylation is 1. The van der Waals surface area contributed by atoms with Crippen molar-refractivity contribution in [3.63, 3.8) is 0 Å². The molecule has 2 amide bonds. The lowest BCUT2D eigenvalue weighted by molar-refractivity contribution is -0.192. The molecule has 9 nitrogen and oxygen atoms in total. The Morgan fingerprint density at radius 2 is 1.67 bits per heavy atom. The largest absolute Gasteiger partial charge is 0.490 e. The Balaban J connectivity index is 0.000000479. The predicted octanol–water partition coefficient (Wildman–Crippen LogP) is 1.81. The number of amides is 2. The molecule has 0 fully saturated rings. The van der Waals surface area contributed by atoms with Crippen LogP contribution in [-0.4, -0.2) is 57.7 Å². The number of alkyl halides is 3. The van der Waals surface area contributed by atoms with Crippen LogP contribution in [0.1, 0.15) is 17.5 Å². The Hall–Kier alpha value is -3.96. The molecule has 0 saturated carbocycles. The summed E-state index contributed by atoms with van der Waals surface area (Å²) in [6.45, 7) is -0.198. The number of rotatable bonds is 6. The lowest BCUT2D eigenvalue weighted by Gasteiger charge is -2.29. The van der Waals surface area contributed by atoms with Crippen LogP contribution in [0.15, 0.2) is 48.8 Å². The van der Waals surface area contributed by atoms with Crippen LogP contribution in [0.2, 0.25) is 0 Å². The van der Waals surface area contributed by atoms with E-state index in [1.165, 1.54) is 4.90 Å². The number of fused-ring (bicyclic) bond motifs is 1. The van der Waals surface area contributed by atoms with Gasteiger partial charge < -0.3 is 20.4 Å². The van der Waals surface area contributed by atoms with Crippen molar-refractivity contribution < 1.29 is 42.6 Å². The molecule has 2 aromatic rings. The molecular formula is C21H20F3N3O6. The minimum atomic E-state index is -5.08. The number of carboxylic acid groups (broad SMARTS) is 2. The van der Waals surface area contributed by atoms with E-state index in [-0.39, 0.29) is 18.9 Å². The van der Waals surface area contributed by atoms with Crippen molar-refractivity contribution >= 4 is 29.4 Å². The van der Waals surface area contributed by atoms with Gasteiger partial charge in [0, 0.05) is 30.9 Å². The maximum Gasteiger partial charge on any atom is 0.490 e. The van der Waals surface area contributed by atoms with Crippen LogP contribution in [0.3, 0.4) is 0 Å². The van der Waals surface area contributed by atoms with E-state index < -0.39 is 30.1 Å². The Morgan fingerprint density at radius 1 is 1.06 bits per heavy atom. The smallest absolute Gasteiger partial charge is 0.480 e. The molecule has 1 aromatic heterocycles. The summed E-state index contributed by atoms with van der Waals surface area (Å²) in [6.07, 6.45) is -0.816. The number of hydrogen-bond acceptors (Lipinski definition) is 5. The minimum absolute atomic E-state index is 0.139. The third kappa shape index (κ3) is 7.59. The van der Waals surface area contributed by atoms with Crippen LogP contribution in [0.5, 0.6) is 0 Å². The zero-order valence-electron chi connectivity index (χ0n) is 17.1. The first-order valence-corrected chi connectivity index (χ1v) is 9.58. The van der Waals surface area contributed by atoms with E-state index >= 15 is 0 Å². The molecule has 1 atom stereocenters. The number of anilines is 1. The molecule has 33 heavy (non-hydrogen) atoms. The molecule has 1 aromatic carbocycles. The Bertz CT molecular complexity index is 1010. The highest BCUT2D eigenvalue weighted by Crippen LogP contribution is 2.27. The van der Waals surface area contributed by atoms with E-state index in [4.69, 9.17) is 9.90 Å². The van der Waals surface area contributed by atoms with E-state index in [0.717, 1.165) is 11.1 Å². The van der Waals surface area contributed by atoms with Gasteiger partial charge in [0.25, 0.3) is 0 Å². The number of carboxylic acids is 2. The second-order valence-corrected chi connectivity index (χ2v) is 6.93. The summed E-state index contributed by atoms with van der Waals surface area (Å²) in [4.78, 5) is 50.3. The third-order valence-corrected chi connectivity index (χ3v) is 4.56. The summed E-state index contributed by atoms with van der Waals surface area (Å²) in [5, 5.41) is 19.0. The number of aliphatic carboxylic acids is 2. The van der Waals surface area contributed by atoms with Crippen LogP contribution in [-0.2, 0) is 32.0 Å². The van der Waals surface area contributed by atoms with Gasteiger partial charge in [-0.1, -0.05) is 18.2 Å². The molecule has 0 aliphatic carbocycles. The number of benzene rings is 1. The fourth-order valence-corrected chi connectivity index (χ4v) is 3.01. The van der Waals surface area contributed by atoms with E-state index in [1.807, 2.05) is 18.2 Å². The SMILES string of the molecule is O=C(CN1C(=O)CCc2ccccc21)NC(Cc1ccncc1)C(=O)O.O=C(O)C(F)(F)F. The number of carbonyl (C=O) groups is 4. The fraction of sp³-hybridized carbons (Fsp3) is 0.286. The number of nitrogens with one attached hydrogen (secondary N) is 1. The maximum atomic E-state index is 12.4. The molecular weight excluding hydrogens is 447 g/mol. The second kappa shape index (κ2) is 11.1. The number of pyridine rings is 1. The van der Waals surface area contributed by atoms with Crippen LogP contribution in [0.4, 0.5) is 18.9 Å². The quantitative estimate of drug-likeness (QED) is 0.589. The summed E-state index contributed by atoms with van der Waals surface area (Å²) in [5.41, 5.74) is 2.47. The molecule has 1 unspecified atom stereocenters. The maximum absolute atomic E-state index is 12.4. The van der Waals surface area contributed by atoms with Gasteiger partial charge >= 0.3 is 18.1 Å². The van der Waals surface area contributed by atoms with Crippen molar-refractivity contribution in [1.29, 1.82) is 0 Å². The molecule has 0 saturated heterocycles. The molecule has 0 radical (unpaired) electrons. The predicted molar refractivity (Wildman–Crippen MR) is 108 cm³/mol. The van der Waals surface area contributed by atoms with Crippen molar-refractivity contribution in [1.82, 2.24) is 10.3 Å². The summed E-state index contributed by atoms with van der Waals surface area (Å²) >= 11 is 0. The van der Waals surface area contributed by atoms with Gasteiger partial charge in [0.15, 0.2) is 0 Å². The second-order valence-electron chi connectivity index (χ2n) is 6.93. The van der Waals surface area contributed by atoms with Gasteiger partial charge in [0.2, 0.25) is 11.8 Å². The average Bonchev–Trinajstić information content (AvgIpc) is 2.76. The van der Waals surface area contributed by atoms with Crippen LogP contribution < -0.4 is 10.2 Å². The van der Waals surface area contributed by atoms with Crippen molar-refractivity contribution in [2.75, 3.05) is 11.4 Å². The van der Waals surface area contributed by atoms with Gasteiger partial charge in [-0.25, -0.2) is 9.59 Å². The average molecular weight is 467 g/mol. The van der Waals surface area contributed by atoms with Crippen molar-refractivity contribution in [3.05, 3.63) is 59.9 Å². The summed E-state index contributed by atoms with van der Waals surface area (Å²) in [5.74, 6) is -4.52. The van der Waals surface area contributed by atoms with Crippen LogP contribution >= 0.6 is 0 Å². The third-order valence-electron chi connectivity index (χ3n) is 4.56. The molecule has 1 aliphatic rings. The highest BCUT2D eigenvalue weighted by molar-refractivity contribution is 6.01. The van der Waals surface area contributed by atoms with Gasteiger partial charge in [-0.05, 0) is 35.7 Å². The van der Waals surface area contributed by atoms with Crippen molar-refractivity contribution in [3.8, 4) is 0 Å². The van der Waals surface area contributed by atoms with Gasteiger partial charge in [0.1, 0.15) is 12.6 Å². The Labute approximate surface area is 185 Å². The lowest BCUT2D eigenvalue weighted by Crippen LogP contribution is -2.48. The Kier molecular flexibility index (Phi) is 8.49. The highest BCUT2D eigenvalue weighted by atomic mass is 19.4. The zero-order chi connectivity index (χ0) is 24.6. The standard InChI is InChI=1S/C19H19N3O4.C2HF3O2/c23-17(21-15(19(25)26)11-13-7-9-20-10-8-13)12-22-16-4-2-1-3-14(16)5-6-18(22)24;3-2(4,5)1(6)7/h1-4,7-10,15H,5-6,11-12H2,(H,21,23)(H,25,26);(H,6,7). The first-order valence-electron chi connectivity index (χ1n) is 9.58. The monoisotopic (exact) mass is 467 g/mol. The van der Waals surface area contributed by atoms with E-state index in [0.29, 0.717) is 18.5 Å². The van der Waals surface area contributed by atoms with E-state index in [2.05, 4.69) is 10.3 Å². The number of halogens is 3. The van der Waals surface area contributed by atoms with Gasteiger partial charge in [0.05, 0.1) is 0 Å². The molecule has 2 heterocycles. The van der Waals surface area contributed by atoms with Crippen LogP contribution in [0.25, 0.3) is 0 Å². The molecule has 12 heteroatoms. The van der Waals surface area contributed by atoms with Crippen LogP contribution in [0, 0.1) is 0 Å². The zero-order valence-corrected chi connectivity index (χ0v) is 17.1. The number of aromatic nitrogens is 1. The number of hydrogen-bond donors (Lipinski definition) is 3. The Morgan fingerprint density at radius 3 is 2.24 bits per heavy atom. The molecule has 0 bridgehead atoms. The van der Waals surface area contributed by atoms with E-state index in [9.17, 15) is 32.7 Å². The lowest BCUT2D eigenvalue weighted by atomic mass is 10.0. The highest BCUT2D eigenvalue weighted by Gasteiger charge is 2.38. The summed E-state index contributed by atoms with van der Waals surface area (Å²) in [7, 11) is 0. The van der Waals surface area contributed by atoms with Gasteiger partial charge in [-0.2, -0.15) is 13.2 Å². The number of para-hydroxylation sites is 1. The topological polar surface area (TPSA) is 137 Å². The first kappa shape index (κ1) is 25.3. The summed E-state index contributed by atoms with van der Waals surface area (Å²) < 4.78 is 31.7. The normalized spacial score (nSPS) is 13.8. The first-order chi connectivity index (χ1) is 15.5. The molecule has 3 N–H and O–H groups in total. The molecule has 1 aliphatic heterocycles. The molecule has 176 valence electrons. The molecule has 0 spiro atoms. The van der Waals surface area contributed by atoms with Crippen molar-refractivity contribution in [2.45, 2.75) is 31.5 Å². The fourth-order valence-electron chi connectivity index (χ4n) is 3.01. The minimum Gasteiger partial charge on any atom is -0.480 e. The van der Waals surface area contributed by atoms with Gasteiger partial charge in [-0.15, -0.1) is 0 Å². The van der Waals surface area contributed by atoms with Crippen molar-refractivity contribution in [2.24, 2.45) is 0 Å². The molecule has 3 rings (SSSR count). The number of nitrogens with zero attached hydrogens (tertiary/aromatic N) is 2. The number of carbonyl (C=O) groups excluding carboxylic acids is 2. The van der Waals surface area contributed by atoms with Gasteiger partial charge in [-0.3, -0.25) is 14.6 Å².